The van der Waals surface area contributed by atoms with Crippen LogP contribution in [0.1, 0.15) is 11.1 Å². The van der Waals surface area contributed by atoms with E-state index in [1.54, 1.807) is 0 Å². The summed E-state index contributed by atoms with van der Waals surface area (Å²) in [6.07, 6.45) is 0.926. The van der Waals surface area contributed by atoms with Crippen molar-refractivity contribution in [3.63, 3.8) is 0 Å². The lowest BCUT2D eigenvalue weighted by Gasteiger charge is -2.18. The van der Waals surface area contributed by atoms with Crippen LogP contribution in [0.15, 0.2) is 133 Å². The number of benzene rings is 6. The lowest BCUT2D eigenvalue weighted by molar-refractivity contribution is 1.23. The van der Waals surface area contributed by atoms with Gasteiger partial charge in [0.05, 0.1) is 0 Å². The van der Waals surface area contributed by atoms with E-state index < -0.39 is 0 Å². The van der Waals surface area contributed by atoms with Gasteiger partial charge in [-0.1, -0.05) is 133 Å². The first-order valence-corrected chi connectivity index (χ1v) is 11.5. The van der Waals surface area contributed by atoms with Crippen LogP contribution in [-0.4, -0.2) is 0 Å². The lowest BCUT2D eigenvalue weighted by atomic mass is 9.86. The van der Waals surface area contributed by atoms with Crippen molar-refractivity contribution in [1.29, 1.82) is 0 Å². The first-order valence-electron chi connectivity index (χ1n) is 11.5. The van der Waals surface area contributed by atoms with E-state index in [4.69, 9.17) is 0 Å². The fraction of sp³-hybridized carbons (Fsp3) is 0.0303. The zero-order chi connectivity index (χ0) is 22.0. The maximum atomic E-state index is 2.28. The van der Waals surface area contributed by atoms with E-state index >= 15 is 0 Å². The van der Waals surface area contributed by atoms with Crippen LogP contribution in [-0.2, 0) is 6.42 Å². The van der Waals surface area contributed by atoms with Crippen molar-refractivity contribution in [2.24, 2.45) is 0 Å². The number of hydrogen-bond donors (Lipinski definition) is 0. The van der Waals surface area contributed by atoms with E-state index in [0.29, 0.717) is 0 Å². The minimum atomic E-state index is 0.926. The maximum absolute atomic E-state index is 2.28. The summed E-state index contributed by atoms with van der Waals surface area (Å²) in [7, 11) is 0. The highest BCUT2D eigenvalue weighted by molar-refractivity contribution is 6.15. The van der Waals surface area contributed by atoms with Gasteiger partial charge in [-0.05, 0) is 61.3 Å². The van der Waals surface area contributed by atoms with Gasteiger partial charge in [0.2, 0.25) is 0 Å². The third-order valence-electron chi connectivity index (χ3n) is 6.55. The van der Waals surface area contributed by atoms with Crippen molar-refractivity contribution in [3.8, 4) is 22.3 Å². The molecule has 0 aliphatic rings. The molecule has 0 aromatic heterocycles. The van der Waals surface area contributed by atoms with Crippen LogP contribution >= 0.6 is 0 Å². The molecule has 0 heterocycles. The average molecular weight is 421 g/mol. The predicted octanol–water partition coefficient (Wildman–Crippen LogP) is 8.92. The zero-order valence-corrected chi connectivity index (χ0v) is 18.4. The molecule has 0 fully saturated rings. The molecule has 0 aliphatic carbocycles. The molecule has 0 saturated heterocycles. The molecule has 0 bridgehead atoms. The fourth-order valence-electron chi connectivity index (χ4n) is 4.98. The highest BCUT2D eigenvalue weighted by Crippen LogP contribution is 2.40. The molecule has 0 atom stereocenters. The monoisotopic (exact) mass is 420 g/mol. The van der Waals surface area contributed by atoms with Crippen molar-refractivity contribution >= 4 is 21.5 Å². The second-order valence-corrected chi connectivity index (χ2v) is 8.55. The second-order valence-electron chi connectivity index (χ2n) is 8.55. The first kappa shape index (κ1) is 19.5. The Hall–Kier alpha value is -4.16. The lowest BCUT2D eigenvalue weighted by Crippen LogP contribution is -1.95. The molecule has 6 aromatic carbocycles. The molecule has 0 spiro atoms. The standard InChI is InChI=1S/C33H24/c1-3-11-24(12-4-1)23-32-28-15-7-9-17-30(28)33(31-18-10-8-16-29(31)32)27-21-19-26(20-22-27)25-13-5-2-6-14-25/h1-22H,23H2. The third kappa shape index (κ3) is 3.60. The topological polar surface area (TPSA) is 0 Å². The van der Waals surface area contributed by atoms with E-state index in [1.165, 1.54) is 54.9 Å². The SMILES string of the molecule is c1ccc(Cc2c3ccccc3c(-c3ccc(-c4ccccc4)cc3)c3ccccc23)cc1. The Labute approximate surface area is 194 Å². The summed E-state index contributed by atoms with van der Waals surface area (Å²) in [6.45, 7) is 0. The van der Waals surface area contributed by atoms with Gasteiger partial charge in [-0.15, -0.1) is 0 Å². The van der Waals surface area contributed by atoms with Gasteiger partial charge in [0.25, 0.3) is 0 Å². The molecule has 0 radical (unpaired) electrons. The van der Waals surface area contributed by atoms with Crippen molar-refractivity contribution in [2.45, 2.75) is 6.42 Å². The molecule has 0 N–H and O–H groups in total. The van der Waals surface area contributed by atoms with Crippen molar-refractivity contribution in [3.05, 3.63) is 145 Å². The molecule has 0 aliphatic heterocycles. The molecule has 6 aromatic rings. The molecule has 33 heavy (non-hydrogen) atoms. The van der Waals surface area contributed by atoms with E-state index in [1.807, 2.05) is 0 Å². The van der Waals surface area contributed by atoms with Crippen LogP contribution in [0.3, 0.4) is 0 Å². The van der Waals surface area contributed by atoms with E-state index in [0.717, 1.165) is 6.42 Å². The van der Waals surface area contributed by atoms with Gasteiger partial charge in [0.15, 0.2) is 0 Å². The summed E-state index contributed by atoms with van der Waals surface area (Å²) in [5, 5.41) is 5.30. The Bertz CT molecular complexity index is 1490. The van der Waals surface area contributed by atoms with Gasteiger partial charge < -0.3 is 0 Å². The van der Waals surface area contributed by atoms with Crippen LogP contribution < -0.4 is 0 Å². The normalized spacial score (nSPS) is 11.2. The summed E-state index contributed by atoms with van der Waals surface area (Å²) in [5.41, 5.74) is 7.81. The van der Waals surface area contributed by atoms with Crippen LogP contribution in [0, 0.1) is 0 Å². The van der Waals surface area contributed by atoms with Gasteiger partial charge in [0.1, 0.15) is 0 Å². The summed E-state index contributed by atoms with van der Waals surface area (Å²) < 4.78 is 0. The van der Waals surface area contributed by atoms with Crippen LogP contribution in [0.25, 0.3) is 43.8 Å². The minimum Gasteiger partial charge on any atom is -0.0622 e. The molecule has 0 nitrogen and oxygen atoms in total. The van der Waals surface area contributed by atoms with Gasteiger partial charge >= 0.3 is 0 Å². The maximum Gasteiger partial charge on any atom is -0.00134 e. The molecule has 0 heteroatoms. The molecular weight excluding hydrogens is 396 g/mol. The summed E-state index contributed by atoms with van der Waals surface area (Å²) in [4.78, 5) is 0. The van der Waals surface area contributed by atoms with Crippen LogP contribution in [0.2, 0.25) is 0 Å². The number of fused-ring (bicyclic) bond motifs is 2. The smallest absolute Gasteiger partial charge is 0.00134 e. The highest BCUT2D eigenvalue weighted by atomic mass is 14.2. The molecule has 156 valence electrons. The molecular formula is C33H24. The largest absolute Gasteiger partial charge is 0.0622 e. The molecule has 0 saturated carbocycles. The van der Waals surface area contributed by atoms with E-state index in [9.17, 15) is 0 Å². The second kappa shape index (κ2) is 8.41. The Morgan fingerprint density at radius 2 is 0.758 bits per heavy atom. The number of hydrogen-bond acceptors (Lipinski definition) is 0. The Morgan fingerprint density at radius 3 is 1.33 bits per heavy atom. The quantitative estimate of drug-likeness (QED) is 0.250. The number of rotatable bonds is 4. The minimum absolute atomic E-state index is 0.926. The average Bonchev–Trinajstić information content (AvgIpc) is 2.90. The van der Waals surface area contributed by atoms with Crippen molar-refractivity contribution in [2.75, 3.05) is 0 Å². The van der Waals surface area contributed by atoms with Crippen LogP contribution in [0.4, 0.5) is 0 Å². The van der Waals surface area contributed by atoms with Crippen molar-refractivity contribution in [1.82, 2.24) is 0 Å². The van der Waals surface area contributed by atoms with Crippen molar-refractivity contribution < 1.29 is 0 Å². The van der Waals surface area contributed by atoms with E-state index in [2.05, 4.69) is 133 Å². The summed E-state index contributed by atoms with van der Waals surface area (Å²) in [6, 6.07) is 48.1. The highest BCUT2D eigenvalue weighted by Gasteiger charge is 2.15. The first-order chi connectivity index (χ1) is 16.4. The zero-order valence-electron chi connectivity index (χ0n) is 18.4. The summed E-state index contributed by atoms with van der Waals surface area (Å²) in [5.74, 6) is 0. The van der Waals surface area contributed by atoms with Gasteiger partial charge in [-0.25, -0.2) is 0 Å². The van der Waals surface area contributed by atoms with Crippen LogP contribution in [0.5, 0.6) is 0 Å². The Morgan fingerprint density at radius 1 is 0.333 bits per heavy atom. The van der Waals surface area contributed by atoms with Gasteiger partial charge in [0, 0.05) is 0 Å². The summed E-state index contributed by atoms with van der Waals surface area (Å²) >= 11 is 0. The Kier molecular flexibility index (Phi) is 4.97. The van der Waals surface area contributed by atoms with Gasteiger partial charge in [-0.3, -0.25) is 0 Å². The fourth-order valence-corrected chi connectivity index (χ4v) is 4.98. The Balaban J connectivity index is 1.58. The van der Waals surface area contributed by atoms with Gasteiger partial charge in [-0.2, -0.15) is 0 Å². The third-order valence-corrected chi connectivity index (χ3v) is 6.55. The van der Waals surface area contributed by atoms with E-state index in [-0.39, 0.29) is 0 Å². The molecule has 0 amide bonds. The molecule has 6 rings (SSSR count). The predicted molar refractivity (Wildman–Crippen MR) is 142 cm³/mol. The molecule has 0 unspecified atom stereocenters.